The molecule has 0 amide bonds. The van der Waals surface area contributed by atoms with Gasteiger partial charge in [0.2, 0.25) is 0 Å². The van der Waals surface area contributed by atoms with E-state index in [1.54, 1.807) is 14.2 Å². The first-order valence-corrected chi connectivity index (χ1v) is 7.41. The van der Waals surface area contributed by atoms with Crippen molar-refractivity contribution in [2.24, 2.45) is 0 Å². The molecule has 1 aliphatic rings. The SMILES string of the molecule is COc1ccc(CC2CNc3cc(C)ccc3O2)c(OC)c1. The summed E-state index contributed by atoms with van der Waals surface area (Å²) in [7, 11) is 3.33. The normalized spacial score (nSPS) is 16.2. The number of methoxy groups -OCH3 is 2. The highest BCUT2D eigenvalue weighted by Crippen LogP contribution is 2.32. The van der Waals surface area contributed by atoms with E-state index in [0.29, 0.717) is 0 Å². The molecule has 1 heterocycles. The average Bonchev–Trinajstić information content (AvgIpc) is 2.55. The molecule has 4 nitrogen and oxygen atoms in total. The summed E-state index contributed by atoms with van der Waals surface area (Å²) >= 11 is 0. The van der Waals surface area contributed by atoms with E-state index in [1.165, 1.54) is 5.56 Å². The summed E-state index contributed by atoms with van der Waals surface area (Å²) in [5, 5.41) is 3.44. The lowest BCUT2D eigenvalue weighted by Crippen LogP contribution is -2.32. The van der Waals surface area contributed by atoms with E-state index >= 15 is 0 Å². The largest absolute Gasteiger partial charge is 0.497 e. The van der Waals surface area contributed by atoms with Gasteiger partial charge in [-0.2, -0.15) is 0 Å². The molecule has 116 valence electrons. The number of rotatable bonds is 4. The highest BCUT2D eigenvalue weighted by molar-refractivity contribution is 5.59. The van der Waals surface area contributed by atoms with Crippen LogP contribution in [0.5, 0.6) is 17.2 Å². The molecular weight excluding hydrogens is 278 g/mol. The van der Waals surface area contributed by atoms with Crippen molar-refractivity contribution in [3.05, 3.63) is 47.5 Å². The van der Waals surface area contributed by atoms with Gasteiger partial charge >= 0.3 is 0 Å². The summed E-state index contributed by atoms with van der Waals surface area (Å²) in [6.45, 7) is 2.86. The van der Waals surface area contributed by atoms with Gasteiger partial charge in [-0.25, -0.2) is 0 Å². The van der Waals surface area contributed by atoms with E-state index in [4.69, 9.17) is 14.2 Å². The predicted octanol–water partition coefficient (Wildman–Crippen LogP) is 3.43. The van der Waals surface area contributed by atoms with Crippen molar-refractivity contribution in [1.29, 1.82) is 0 Å². The fourth-order valence-electron chi connectivity index (χ4n) is 2.71. The number of aryl methyl sites for hydroxylation is 1. The molecule has 1 atom stereocenters. The summed E-state index contributed by atoms with van der Waals surface area (Å²) in [4.78, 5) is 0. The number of nitrogens with one attached hydrogen (secondary N) is 1. The number of ether oxygens (including phenoxy) is 3. The van der Waals surface area contributed by atoms with E-state index < -0.39 is 0 Å². The third-order valence-electron chi connectivity index (χ3n) is 3.89. The molecule has 0 radical (unpaired) electrons. The molecule has 0 saturated carbocycles. The number of benzene rings is 2. The lowest BCUT2D eigenvalue weighted by molar-refractivity contribution is 0.205. The van der Waals surface area contributed by atoms with Gasteiger partial charge in [-0.15, -0.1) is 0 Å². The van der Waals surface area contributed by atoms with Gasteiger partial charge in [-0.05, 0) is 36.2 Å². The predicted molar refractivity (Wildman–Crippen MR) is 87.3 cm³/mol. The van der Waals surface area contributed by atoms with Crippen LogP contribution in [-0.4, -0.2) is 26.9 Å². The minimum absolute atomic E-state index is 0.0810. The van der Waals surface area contributed by atoms with Crippen LogP contribution in [0.15, 0.2) is 36.4 Å². The Kier molecular flexibility index (Phi) is 4.09. The van der Waals surface area contributed by atoms with E-state index in [-0.39, 0.29) is 6.10 Å². The van der Waals surface area contributed by atoms with Gasteiger partial charge in [0.1, 0.15) is 23.4 Å². The van der Waals surface area contributed by atoms with Gasteiger partial charge in [0.25, 0.3) is 0 Å². The van der Waals surface area contributed by atoms with Crippen LogP contribution in [0.2, 0.25) is 0 Å². The van der Waals surface area contributed by atoms with Gasteiger partial charge in [0.05, 0.1) is 26.5 Å². The lowest BCUT2D eigenvalue weighted by Gasteiger charge is -2.28. The number of hydrogen-bond acceptors (Lipinski definition) is 4. The summed E-state index contributed by atoms with van der Waals surface area (Å²) in [6, 6.07) is 12.1. The zero-order chi connectivity index (χ0) is 15.5. The summed E-state index contributed by atoms with van der Waals surface area (Å²) in [5.74, 6) is 2.54. The number of hydrogen-bond donors (Lipinski definition) is 1. The molecule has 3 rings (SSSR count). The Balaban J connectivity index is 1.76. The quantitative estimate of drug-likeness (QED) is 0.939. The maximum absolute atomic E-state index is 6.10. The zero-order valence-electron chi connectivity index (χ0n) is 13.2. The summed E-state index contributed by atoms with van der Waals surface area (Å²) in [5.41, 5.74) is 3.41. The zero-order valence-corrected chi connectivity index (χ0v) is 13.2. The van der Waals surface area contributed by atoms with Crippen LogP contribution < -0.4 is 19.5 Å². The molecule has 1 N–H and O–H groups in total. The van der Waals surface area contributed by atoms with E-state index in [1.807, 2.05) is 24.3 Å². The Labute approximate surface area is 131 Å². The molecular formula is C18H21NO3. The van der Waals surface area contributed by atoms with Crippen LogP contribution in [0.25, 0.3) is 0 Å². The van der Waals surface area contributed by atoms with Gasteiger partial charge in [-0.1, -0.05) is 12.1 Å². The van der Waals surface area contributed by atoms with Crippen LogP contribution in [0, 0.1) is 6.92 Å². The van der Waals surface area contributed by atoms with Gasteiger partial charge in [0, 0.05) is 12.5 Å². The molecule has 2 aromatic carbocycles. The lowest BCUT2D eigenvalue weighted by atomic mass is 10.0. The van der Waals surface area contributed by atoms with Crippen LogP contribution >= 0.6 is 0 Å². The molecule has 0 aromatic heterocycles. The monoisotopic (exact) mass is 299 g/mol. The van der Waals surface area contributed by atoms with Gasteiger partial charge < -0.3 is 19.5 Å². The average molecular weight is 299 g/mol. The van der Waals surface area contributed by atoms with Gasteiger partial charge in [-0.3, -0.25) is 0 Å². The Morgan fingerprint density at radius 1 is 1.14 bits per heavy atom. The topological polar surface area (TPSA) is 39.7 Å². The highest BCUT2D eigenvalue weighted by atomic mass is 16.5. The second-order valence-corrected chi connectivity index (χ2v) is 5.50. The highest BCUT2D eigenvalue weighted by Gasteiger charge is 2.21. The Morgan fingerprint density at radius 3 is 2.77 bits per heavy atom. The maximum Gasteiger partial charge on any atom is 0.142 e. The third-order valence-corrected chi connectivity index (χ3v) is 3.89. The first-order valence-electron chi connectivity index (χ1n) is 7.41. The van der Waals surface area contributed by atoms with Crippen LogP contribution in [0.1, 0.15) is 11.1 Å². The van der Waals surface area contributed by atoms with Crippen molar-refractivity contribution in [3.63, 3.8) is 0 Å². The fraction of sp³-hybridized carbons (Fsp3) is 0.333. The Morgan fingerprint density at radius 2 is 2.00 bits per heavy atom. The first kappa shape index (κ1) is 14.6. The smallest absolute Gasteiger partial charge is 0.142 e. The maximum atomic E-state index is 6.10. The summed E-state index contributed by atoms with van der Waals surface area (Å²) < 4.78 is 16.8. The van der Waals surface area contributed by atoms with Crippen LogP contribution in [0.3, 0.4) is 0 Å². The van der Waals surface area contributed by atoms with Crippen molar-refractivity contribution in [1.82, 2.24) is 0 Å². The van der Waals surface area contributed by atoms with Crippen LogP contribution in [0.4, 0.5) is 5.69 Å². The summed E-state index contributed by atoms with van der Waals surface area (Å²) in [6.07, 6.45) is 0.866. The molecule has 0 spiro atoms. The second-order valence-electron chi connectivity index (χ2n) is 5.50. The number of anilines is 1. The molecule has 22 heavy (non-hydrogen) atoms. The molecule has 0 fully saturated rings. The third kappa shape index (κ3) is 2.96. The van der Waals surface area contributed by atoms with Gasteiger partial charge in [0.15, 0.2) is 0 Å². The van der Waals surface area contributed by atoms with E-state index in [0.717, 1.165) is 41.5 Å². The van der Waals surface area contributed by atoms with Crippen molar-refractivity contribution < 1.29 is 14.2 Å². The molecule has 1 aliphatic heterocycles. The van der Waals surface area contributed by atoms with Crippen molar-refractivity contribution in [2.75, 3.05) is 26.1 Å². The van der Waals surface area contributed by atoms with Crippen molar-refractivity contribution >= 4 is 5.69 Å². The minimum Gasteiger partial charge on any atom is -0.497 e. The van der Waals surface area contributed by atoms with Crippen molar-refractivity contribution in [3.8, 4) is 17.2 Å². The Bertz CT molecular complexity index is 669. The van der Waals surface area contributed by atoms with Crippen LogP contribution in [-0.2, 0) is 6.42 Å². The Hall–Kier alpha value is -2.36. The first-order chi connectivity index (χ1) is 10.7. The number of fused-ring (bicyclic) bond motifs is 1. The molecule has 4 heteroatoms. The standard InChI is InChI=1S/C18H21NO3/c1-12-4-7-17-16(8-12)19-11-15(22-17)9-13-5-6-14(20-2)10-18(13)21-3/h4-8,10,15,19H,9,11H2,1-3H3. The van der Waals surface area contributed by atoms with Crippen molar-refractivity contribution in [2.45, 2.75) is 19.4 Å². The molecule has 0 bridgehead atoms. The fourth-order valence-corrected chi connectivity index (χ4v) is 2.71. The van der Waals surface area contributed by atoms with E-state index in [9.17, 15) is 0 Å². The molecule has 0 saturated heterocycles. The molecule has 2 aromatic rings. The molecule has 1 unspecified atom stereocenters. The van der Waals surface area contributed by atoms with E-state index in [2.05, 4.69) is 24.4 Å². The molecule has 0 aliphatic carbocycles. The minimum atomic E-state index is 0.0810. The second kappa shape index (κ2) is 6.18.